The highest BCUT2D eigenvalue weighted by Crippen LogP contribution is 2.32. The summed E-state index contributed by atoms with van der Waals surface area (Å²) in [6.07, 6.45) is 8.18. The number of fused-ring (bicyclic) bond motifs is 1. The van der Waals surface area contributed by atoms with Crippen LogP contribution in [0.4, 0.5) is 0 Å². The Balaban J connectivity index is 1.71. The molecule has 0 fully saturated rings. The Labute approximate surface area is 155 Å². The van der Waals surface area contributed by atoms with E-state index >= 15 is 0 Å². The lowest BCUT2D eigenvalue weighted by atomic mass is 9.92. The Bertz CT molecular complexity index is 935. The van der Waals surface area contributed by atoms with Gasteiger partial charge < -0.3 is 9.67 Å². The molecule has 26 heavy (non-hydrogen) atoms. The number of hydrogen-bond donors (Lipinski definition) is 1. The lowest BCUT2D eigenvalue weighted by molar-refractivity contribution is 0.280. The van der Waals surface area contributed by atoms with Gasteiger partial charge in [-0.1, -0.05) is 42.5 Å². The third-order valence-corrected chi connectivity index (χ3v) is 5.37. The normalized spacial score (nSPS) is 14.6. The lowest BCUT2D eigenvalue weighted by Crippen LogP contribution is -2.02. The van der Waals surface area contributed by atoms with E-state index in [2.05, 4.69) is 53.1 Å². The largest absolute Gasteiger partial charge is 0.396 e. The molecule has 0 amide bonds. The van der Waals surface area contributed by atoms with Gasteiger partial charge in [-0.15, -0.1) is 0 Å². The van der Waals surface area contributed by atoms with E-state index < -0.39 is 0 Å². The minimum Gasteiger partial charge on any atom is -0.396 e. The van der Waals surface area contributed by atoms with Crippen LogP contribution in [0.15, 0.2) is 48.5 Å². The van der Waals surface area contributed by atoms with Crippen molar-refractivity contribution in [3.05, 3.63) is 59.9 Å². The van der Waals surface area contributed by atoms with Gasteiger partial charge in [-0.25, -0.2) is 4.98 Å². The van der Waals surface area contributed by atoms with E-state index in [0.29, 0.717) is 0 Å². The van der Waals surface area contributed by atoms with Crippen molar-refractivity contribution in [3.63, 3.8) is 0 Å². The van der Waals surface area contributed by atoms with Crippen LogP contribution in [0.3, 0.4) is 0 Å². The topological polar surface area (TPSA) is 38.0 Å². The number of nitrogens with zero attached hydrogens (tertiary/aromatic N) is 2. The van der Waals surface area contributed by atoms with Crippen molar-refractivity contribution in [1.82, 2.24) is 9.55 Å². The van der Waals surface area contributed by atoms with Crippen LogP contribution < -0.4 is 0 Å². The van der Waals surface area contributed by atoms with E-state index in [1.807, 2.05) is 6.92 Å². The van der Waals surface area contributed by atoms with Gasteiger partial charge in [-0.3, -0.25) is 0 Å². The third kappa shape index (κ3) is 3.19. The number of aliphatic hydroxyl groups excluding tert-OH is 1. The van der Waals surface area contributed by atoms with Crippen molar-refractivity contribution in [1.29, 1.82) is 0 Å². The van der Waals surface area contributed by atoms with Gasteiger partial charge >= 0.3 is 0 Å². The molecule has 3 aromatic rings. The number of aliphatic hydroxyl groups is 1. The molecule has 1 aromatic heterocycles. The maximum Gasteiger partial charge on any atom is 0.106 e. The molecule has 4 rings (SSSR count). The molecule has 3 nitrogen and oxygen atoms in total. The smallest absolute Gasteiger partial charge is 0.106 e. The molecular weight excluding hydrogens is 320 g/mol. The third-order valence-electron chi connectivity index (χ3n) is 5.37. The van der Waals surface area contributed by atoms with Crippen molar-refractivity contribution in [2.24, 2.45) is 0 Å². The molecule has 1 aliphatic rings. The molecule has 134 valence electrons. The molecule has 0 saturated heterocycles. The highest BCUT2D eigenvalue weighted by atomic mass is 16.3. The average Bonchev–Trinajstić information content (AvgIpc) is 3.02. The van der Waals surface area contributed by atoms with Gasteiger partial charge in [0, 0.05) is 18.7 Å². The molecule has 1 heterocycles. The first-order valence-corrected chi connectivity index (χ1v) is 9.64. The molecule has 0 atom stereocenters. The highest BCUT2D eigenvalue weighted by molar-refractivity contribution is 5.92. The predicted molar refractivity (Wildman–Crippen MR) is 108 cm³/mol. The Morgan fingerprint density at radius 1 is 1.04 bits per heavy atom. The first-order valence-electron chi connectivity index (χ1n) is 9.64. The van der Waals surface area contributed by atoms with E-state index in [4.69, 9.17) is 10.1 Å². The van der Waals surface area contributed by atoms with Gasteiger partial charge in [-0.05, 0) is 61.8 Å². The minimum atomic E-state index is 0.204. The lowest BCUT2D eigenvalue weighted by Gasteiger charge is -2.13. The summed E-state index contributed by atoms with van der Waals surface area (Å²) in [5.74, 6) is 1.00. The number of allylic oxidation sites excluding steroid dienone is 2. The number of benzene rings is 2. The van der Waals surface area contributed by atoms with Gasteiger partial charge in [0.1, 0.15) is 5.82 Å². The fourth-order valence-corrected chi connectivity index (χ4v) is 3.97. The number of rotatable bonds is 5. The SMILES string of the molecule is Cc1nc2c(-c3ccc(C4=CCCCC4)cc3)cccc2n1CCCO. The molecule has 2 aromatic carbocycles. The monoisotopic (exact) mass is 346 g/mol. The zero-order valence-electron chi connectivity index (χ0n) is 15.4. The number of imidazole rings is 1. The second-order valence-corrected chi connectivity index (χ2v) is 7.11. The molecule has 0 bridgehead atoms. The number of aryl methyl sites for hydroxylation is 2. The van der Waals surface area contributed by atoms with Gasteiger partial charge in [0.2, 0.25) is 0 Å². The summed E-state index contributed by atoms with van der Waals surface area (Å²) in [5.41, 5.74) is 7.43. The summed E-state index contributed by atoms with van der Waals surface area (Å²) in [6, 6.07) is 15.3. The Morgan fingerprint density at radius 2 is 1.85 bits per heavy atom. The zero-order chi connectivity index (χ0) is 17.9. The van der Waals surface area contributed by atoms with Crippen LogP contribution in [0.2, 0.25) is 0 Å². The summed E-state index contributed by atoms with van der Waals surface area (Å²) in [5, 5.41) is 9.16. The predicted octanol–water partition coefficient (Wildman–Crippen LogP) is 5.35. The first-order chi connectivity index (χ1) is 12.8. The van der Waals surface area contributed by atoms with Gasteiger partial charge in [0.25, 0.3) is 0 Å². The van der Waals surface area contributed by atoms with Gasteiger partial charge in [-0.2, -0.15) is 0 Å². The van der Waals surface area contributed by atoms with Crippen LogP contribution in [-0.2, 0) is 6.54 Å². The van der Waals surface area contributed by atoms with E-state index in [-0.39, 0.29) is 6.61 Å². The molecule has 0 saturated carbocycles. The van der Waals surface area contributed by atoms with Crippen LogP contribution in [0.1, 0.15) is 43.5 Å². The van der Waals surface area contributed by atoms with Gasteiger partial charge in [0.15, 0.2) is 0 Å². The average molecular weight is 346 g/mol. The molecular formula is C23H26N2O. The zero-order valence-corrected chi connectivity index (χ0v) is 15.4. The van der Waals surface area contributed by atoms with E-state index in [1.165, 1.54) is 47.9 Å². The number of para-hydroxylation sites is 1. The van der Waals surface area contributed by atoms with Crippen molar-refractivity contribution in [2.45, 2.75) is 45.6 Å². The van der Waals surface area contributed by atoms with E-state index in [9.17, 15) is 0 Å². The number of aromatic nitrogens is 2. The number of hydrogen-bond acceptors (Lipinski definition) is 2. The summed E-state index contributed by atoms with van der Waals surface area (Å²) >= 11 is 0. The van der Waals surface area contributed by atoms with Crippen molar-refractivity contribution < 1.29 is 5.11 Å². The molecule has 0 spiro atoms. The molecule has 0 unspecified atom stereocenters. The molecule has 1 aliphatic carbocycles. The Morgan fingerprint density at radius 3 is 2.58 bits per heavy atom. The molecule has 3 heteroatoms. The van der Waals surface area contributed by atoms with Gasteiger partial charge in [0.05, 0.1) is 11.0 Å². The highest BCUT2D eigenvalue weighted by Gasteiger charge is 2.12. The Hall–Kier alpha value is -2.39. The fourth-order valence-electron chi connectivity index (χ4n) is 3.97. The summed E-state index contributed by atoms with van der Waals surface area (Å²) in [4.78, 5) is 4.82. The summed E-state index contributed by atoms with van der Waals surface area (Å²) < 4.78 is 2.20. The quantitative estimate of drug-likeness (QED) is 0.676. The Kier molecular flexibility index (Phi) is 4.89. The van der Waals surface area contributed by atoms with E-state index in [0.717, 1.165) is 29.8 Å². The molecule has 1 N–H and O–H groups in total. The van der Waals surface area contributed by atoms with Crippen LogP contribution in [0.5, 0.6) is 0 Å². The molecule has 0 aliphatic heterocycles. The summed E-state index contributed by atoms with van der Waals surface area (Å²) in [6.45, 7) is 3.05. The molecule has 0 radical (unpaired) electrons. The van der Waals surface area contributed by atoms with E-state index in [1.54, 1.807) is 0 Å². The fraction of sp³-hybridized carbons (Fsp3) is 0.348. The van der Waals surface area contributed by atoms with Crippen molar-refractivity contribution >= 4 is 16.6 Å². The second-order valence-electron chi connectivity index (χ2n) is 7.11. The van der Waals surface area contributed by atoms with Crippen molar-refractivity contribution in [3.8, 4) is 11.1 Å². The maximum absolute atomic E-state index is 9.16. The van der Waals surface area contributed by atoms with Crippen molar-refractivity contribution in [2.75, 3.05) is 6.61 Å². The minimum absolute atomic E-state index is 0.204. The van der Waals surface area contributed by atoms with Crippen LogP contribution in [0, 0.1) is 6.92 Å². The standard InChI is InChI=1S/C23H26N2O/c1-17-24-23-21(9-5-10-22(23)25(17)15-6-16-26)20-13-11-19(12-14-20)18-7-3-2-4-8-18/h5,7,9-14,26H,2-4,6,8,15-16H2,1H3. The summed E-state index contributed by atoms with van der Waals surface area (Å²) in [7, 11) is 0. The first kappa shape index (κ1) is 17.0. The second kappa shape index (κ2) is 7.46. The van der Waals surface area contributed by atoms with Crippen LogP contribution in [0.25, 0.3) is 27.7 Å². The maximum atomic E-state index is 9.16. The van der Waals surface area contributed by atoms with Crippen LogP contribution in [-0.4, -0.2) is 21.3 Å². The van der Waals surface area contributed by atoms with Crippen LogP contribution >= 0.6 is 0 Å².